The molecule has 2 unspecified atom stereocenters. The molecule has 5 rings (SSSR count). The number of hydrogen-bond donors (Lipinski definition) is 3. The molecule has 1 saturated carbocycles. The molecule has 2 amide bonds. The normalized spacial score (nSPS) is 19.3. The van der Waals surface area contributed by atoms with Crippen LogP contribution in [0.3, 0.4) is 0 Å². The van der Waals surface area contributed by atoms with Gasteiger partial charge in [-0.1, -0.05) is 37.3 Å². The summed E-state index contributed by atoms with van der Waals surface area (Å²) < 4.78 is 28.3. The lowest BCUT2D eigenvalue weighted by Gasteiger charge is -2.34. The molecule has 0 radical (unpaired) electrons. The van der Waals surface area contributed by atoms with Gasteiger partial charge in [-0.15, -0.1) is 11.3 Å². The number of pyridine rings is 1. The first-order valence-electron chi connectivity index (χ1n) is 16.5. The molecule has 10 nitrogen and oxygen atoms in total. The van der Waals surface area contributed by atoms with Crippen molar-refractivity contribution in [3.8, 4) is 0 Å². The number of nitrogens with zero attached hydrogens (tertiary/aromatic N) is 3. The Morgan fingerprint density at radius 3 is 2.60 bits per heavy atom. The molecule has 2 aromatic heterocycles. The zero-order valence-corrected chi connectivity index (χ0v) is 29.7. The molecule has 2 heterocycles. The predicted octanol–water partition coefficient (Wildman–Crippen LogP) is 5.15. The van der Waals surface area contributed by atoms with E-state index in [0.717, 1.165) is 29.7 Å². The highest BCUT2D eigenvalue weighted by atomic mass is 32.2. The molecule has 48 heavy (non-hydrogen) atoms. The van der Waals surface area contributed by atoms with E-state index in [-0.39, 0.29) is 30.3 Å². The highest BCUT2D eigenvalue weighted by Crippen LogP contribution is 2.34. The van der Waals surface area contributed by atoms with Crippen LogP contribution in [0.4, 0.5) is 5.69 Å². The number of nitrogens with one attached hydrogen (secondary N) is 3. The SMILES string of the molecule is CC(NC(=O)c1cc([C@H](CN[C@@H](C)C(=O)NCC2CC2)Cc2cscn2)cc(N(CC2(C)C=CC=CC2)S(C)(=O)=O)c1)c1cccnc1. The number of sulfonamides is 1. The van der Waals surface area contributed by atoms with Crippen molar-refractivity contribution >= 4 is 38.9 Å². The average molecular weight is 691 g/mol. The molecule has 256 valence electrons. The smallest absolute Gasteiger partial charge is 0.251 e. The van der Waals surface area contributed by atoms with Crippen LogP contribution in [0.15, 0.2) is 77.9 Å². The number of benzene rings is 1. The van der Waals surface area contributed by atoms with Gasteiger partial charge in [0.05, 0.1) is 35.2 Å². The molecule has 12 heteroatoms. The van der Waals surface area contributed by atoms with Gasteiger partial charge in [-0.25, -0.2) is 13.4 Å². The Bertz CT molecular complexity index is 1720. The van der Waals surface area contributed by atoms with Crippen molar-refractivity contribution in [2.75, 3.05) is 30.2 Å². The van der Waals surface area contributed by atoms with Crippen LogP contribution in [-0.2, 0) is 21.2 Å². The van der Waals surface area contributed by atoms with Gasteiger partial charge >= 0.3 is 0 Å². The number of thiazole rings is 1. The average Bonchev–Trinajstić information content (AvgIpc) is 3.76. The monoisotopic (exact) mass is 690 g/mol. The highest BCUT2D eigenvalue weighted by molar-refractivity contribution is 7.92. The third kappa shape index (κ3) is 9.83. The van der Waals surface area contributed by atoms with Crippen LogP contribution in [0, 0.1) is 11.3 Å². The minimum absolute atomic E-state index is 0.0569. The van der Waals surface area contributed by atoms with Crippen LogP contribution in [0.2, 0.25) is 0 Å². The van der Waals surface area contributed by atoms with E-state index < -0.39 is 21.5 Å². The van der Waals surface area contributed by atoms with Gasteiger partial charge in [-0.2, -0.15) is 0 Å². The molecule has 1 aromatic carbocycles. The third-order valence-electron chi connectivity index (χ3n) is 8.99. The maximum Gasteiger partial charge on any atom is 0.251 e. The summed E-state index contributed by atoms with van der Waals surface area (Å²) in [7, 11) is -3.75. The summed E-state index contributed by atoms with van der Waals surface area (Å²) in [5, 5.41) is 11.5. The summed E-state index contributed by atoms with van der Waals surface area (Å²) in [5.74, 6) is -0.0316. The fourth-order valence-electron chi connectivity index (χ4n) is 5.79. The van der Waals surface area contributed by atoms with E-state index >= 15 is 0 Å². The molecule has 2 aliphatic carbocycles. The lowest BCUT2D eigenvalue weighted by molar-refractivity contribution is -0.122. The topological polar surface area (TPSA) is 133 Å². The first kappa shape index (κ1) is 35.4. The standard InChI is InChI=1S/C36H46N6O4S2/c1-25(28-9-8-14-37-20-28)41-35(44)30-15-29(17-33(18-30)42(48(4,45)46)23-36(3)12-6-5-7-13-36)31(16-32-22-47-24-40-32)21-38-26(2)34(43)39-19-27-10-11-27/h5-9,12,14-15,17-18,20,22,24-27,31,38H,10-11,13,16,19,21,23H2,1-4H3,(H,39,43)(H,41,44)/t25?,26-,31-,36?/m0/s1. The van der Waals surface area contributed by atoms with E-state index in [4.69, 9.17) is 0 Å². The number of carbonyl (C=O) groups excluding carboxylic acids is 2. The molecular formula is C36H46N6O4S2. The van der Waals surface area contributed by atoms with Crippen LogP contribution < -0.4 is 20.3 Å². The Morgan fingerprint density at radius 2 is 1.96 bits per heavy atom. The minimum Gasteiger partial charge on any atom is -0.354 e. The quantitative estimate of drug-likeness (QED) is 0.189. The van der Waals surface area contributed by atoms with E-state index in [2.05, 4.69) is 25.9 Å². The predicted molar refractivity (Wildman–Crippen MR) is 192 cm³/mol. The number of anilines is 1. The van der Waals surface area contributed by atoms with Crippen LogP contribution in [0.25, 0.3) is 0 Å². The number of allylic oxidation sites excluding steroid dienone is 3. The van der Waals surface area contributed by atoms with E-state index in [1.165, 1.54) is 21.9 Å². The first-order valence-corrected chi connectivity index (χ1v) is 19.3. The Balaban J connectivity index is 1.50. The van der Waals surface area contributed by atoms with Gasteiger partial charge in [0.2, 0.25) is 15.9 Å². The second-order valence-corrected chi connectivity index (χ2v) is 16.0. The molecule has 3 N–H and O–H groups in total. The lowest BCUT2D eigenvalue weighted by atomic mass is 9.83. The second kappa shape index (κ2) is 15.6. The van der Waals surface area contributed by atoms with Crippen LogP contribution in [-0.4, -0.2) is 62.1 Å². The van der Waals surface area contributed by atoms with Crippen molar-refractivity contribution < 1.29 is 18.0 Å². The molecule has 0 spiro atoms. The van der Waals surface area contributed by atoms with Gasteiger partial charge < -0.3 is 16.0 Å². The summed E-state index contributed by atoms with van der Waals surface area (Å²) in [6.07, 6.45) is 16.1. The summed E-state index contributed by atoms with van der Waals surface area (Å²) in [6, 6.07) is 8.30. The van der Waals surface area contributed by atoms with Crippen molar-refractivity contribution in [2.24, 2.45) is 11.3 Å². The Morgan fingerprint density at radius 1 is 1.15 bits per heavy atom. The van der Waals surface area contributed by atoms with Crippen molar-refractivity contribution in [2.45, 2.75) is 64.5 Å². The third-order valence-corrected chi connectivity index (χ3v) is 10.8. The largest absolute Gasteiger partial charge is 0.354 e. The van der Waals surface area contributed by atoms with Gasteiger partial charge in [-0.05, 0) is 80.8 Å². The summed E-state index contributed by atoms with van der Waals surface area (Å²) >= 11 is 1.50. The molecule has 0 saturated heterocycles. The van der Waals surface area contributed by atoms with E-state index in [1.54, 1.807) is 24.0 Å². The van der Waals surface area contributed by atoms with Crippen molar-refractivity contribution in [1.82, 2.24) is 25.9 Å². The highest BCUT2D eigenvalue weighted by Gasteiger charge is 2.31. The number of aromatic nitrogens is 2. The maximum absolute atomic E-state index is 13.9. The van der Waals surface area contributed by atoms with E-state index in [1.807, 2.05) is 74.7 Å². The summed E-state index contributed by atoms with van der Waals surface area (Å²) in [5.41, 5.74) is 4.61. The molecule has 1 fully saturated rings. The molecule has 4 atom stereocenters. The fourth-order valence-corrected chi connectivity index (χ4v) is 7.38. The number of carbonyl (C=O) groups is 2. The Kier molecular flexibility index (Phi) is 11.5. The number of rotatable bonds is 16. The van der Waals surface area contributed by atoms with Crippen molar-refractivity contribution in [1.29, 1.82) is 0 Å². The van der Waals surface area contributed by atoms with Crippen LogP contribution in [0.1, 0.15) is 79.2 Å². The zero-order valence-electron chi connectivity index (χ0n) is 28.1. The number of hydrogen-bond acceptors (Lipinski definition) is 8. The van der Waals surface area contributed by atoms with Gasteiger partial charge in [0.1, 0.15) is 0 Å². The zero-order chi connectivity index (χ0) is 34.3. The molecule has 2 aliphatic rings. The molecular weight excluding hydrogens is 645 g/mol. The van der Waals surface area contributed by atoms with Crippen molar-refractivity contribution in [3.05, 3.63) is 100 Å². The van der Waals surface area contributed by atoms with Gasteiger partial charge in [0.25, 0.3) is 5.91 Å². The Hall–Kier alpha value is -3.87. The summed E-state index contributed by atoms with van der Waals surface area (Å²) in [4.78, 5) is 35.4. The minimum atomic E-state index is -3.75. The maximum atomic E-state index is 13.9. The van der Waals surface area contributed by atoms with Gasteiger partial charge in [0, 0.05) is 54.3 Å². The van der Waals surface area contributed by atoms with E-state index in [9.17, 15) is 18.0 Å². The van der Waals surface area contributed by atoms with Crippen LogP contribution in [0.5, 0.6) is 0 Å². The molecule has 0 bridgehead atoms. The lowest BCUT2D eigenvalue weighted by Crippen LogP contribution is -2.44. The van der Waals surface area contributed by atoms with Crippen molar-refractivity contribution in [3.63, 3.8) is 0 Å². The van der Waals surface area contributed by atoms with Crippen LogP contribution >= 0.6 is 11.3 Å². The molecule has 0 aliphatic heterocycles. The second-order valence-electron chi connectivity index (χ2n) is 13.4. The van der Waals surface area contributed by atoms with Gasteiger partial charge in [-0.3, -0.25) is 18.9 Å². The molecule has 3 aromatic rings. The first-order chi connectivity index (χ1) is 22.9. The van der Waals surface area contributed by atoms with Gasteiger partial charge in [0.15, 0.2) is 0 Å². The van der Waals surface area contributed by atoms with E-state index in [0.29, 0.717) is 43.1 Å². The Labute approximate surface area is 288 Å². The summed E-state index contributed by atoms with van der Waals surface area (Å²) in [6.45, 7) is 7.07. The fraction of sp³-hybridized carbons (Fsp3) is 0.444. The number of amides is 2.